The summed E-state index contributed by atoms with van der Waals surface area (Å²) in [7, 11) is 0. The predicted octanol–water partition coefficient (Wildman–Crippen LogP) is 3.90. The van der Waals surface area contributed by atoms with Crippen molar-refractivity contribution >= 4 is 37.5 Å². The molecule has 0 aliphatic heterocycles. The Balaban J connectivity index is 2.30. The summed E-state index contributed by atoms with van der Waals surface area (Å²) in [4.78, 5) is 24.2. The van der Waals surface area contributed by atoms with Crippen LogP contribution in [0.4, 0.5) is 0 Å². The number of carbonyl (C=O) groups is 1. The van der Waals surface area contributed by atoms with Gasteiger partial charge in [0.25, 0.3) is 0 Å². The molecule has 0 N–H and O–H groups in total. The summed E-state index contributed by atoms with van der Waals surface area (Å²) in [6.45, 7) is 5.15. The van der Waals surface area contributed by atoms with Crippen molar-refractivity contribution in [2.75, 3.05) is 0 Å². The van der Waals surface area contributed by atoms with E-state index in [1.165, 1.54) is 11.3 Å². The fourth-order valence-electron chi connectivity index (χ4n) is 2.07. The van der Waals surface area contributed by atoms with Crippen LogP contribution in [0.15, 0.2) is 59.4 Å². The molecule has 3 rings (SSSR count). The van der Waals surface area contributed by atoms with Crippen molar-refractivity contribution < 1.29 is 9.53 Å². The van der Waals surface area contributed by atoms with E-state index in [-0.39, 0.29) is 5.43 Å². The van der Waals surface area contributed by atoms with Crippen LogP contribution in [0.3, 0.4) is 0 Å². The SMILES string of the molecule is C=C(C)C(=O)Oc1cccc2c(=O)c3ccccc3sc12. The van der Waals surface area contributed by atoms with E-state index < -0.39 is 5.97 Å². The van der Waals surface area contributed by atoms with E-state index in [1.807, 2.05) is 18.2 Å². The van der Waals surface area contributed by atoms with Gasteiger partial charge in [-0.25, -0.2) is 4.79 Å². The monoisotopic (exact) mass is 296 g/mol. The summed E-state index contributed by atoms with van der Waals surface area (Å²) in [6, 6.07) is 12.6. The lowest BCUT2D eigenvalue weighted by Gasteiger charge is -2.07. The van der Waals surface area contributed by atoms with Gasteiger partial charge in [-0.05, 0) is 31.2 Å². The Morgan fingerprint density at radius 3 is 2.57 bits per heavy atom. The molecule has 3 aromatic rings. The van der Waals surface area contributed by atoms with Crippen LogP contribution in [-0.2, 0) is 4.79 Å². The number of benzene rings is 2. The predicted molar refractivity (Wildman–Crippen MR) is 86.1 cm³/mol. The van der Waals surface area contributed by atoms with E-state index in [0.29, 0.717) is 26.8 Å². The lowest BCUT2D eigenvalue weighted by Crippen LogP contribution is -2.09. The summed E-state index contributed by atoms with van der Waals surface area (Å²) >= 11 is 1.44. The highest BCUT2D eigenvalue weighted by molar-refractivity contribution is 7.24. The van der Waals surface area contributed by atoms with Crippen molar-refractivity contribution in [1.82, 2.24) is 0 Å². The summed E-state index contributed by atoms with van der Waals surface area (Å²) < 4.78 is 6.87. The van der Waals surface area contributed by atoms with Crippen molar-refractivity contribution in [1.29, 1.82) is 0 Å². The zero-order valence-electron chi connectivity index (χ0n) is 11.4. The Labute approximate surface area is 125 Å². The molecule has 0 radical (unpaired) electrons. The second-order valence-electron chi connectivity index (χ2n) is 4.73. The van der Waals surface area contributed by atoms with Crippen molar-refractivity contribution in [3.05, 3.63) is 64.8 Å². The zero-order chi connectivity index (χ0) is 15.0. The first-order valence-corrected chi connectivity index (χ1v) is 7.22. The number of hydrogen-bond acceptors (Lipinski definition) is 4. The van der Waals surface area contributed by atoms with E-state index in [1.54, 1.807) is 31.2 Å². The molecule has 21 heavy (non-hydrogen) atoms. The minimum atomic E-state index is -0.490. The molecule has 2 aromatic carbocycles. The van der Waals surface area contributed by atoms with E-state index in [0.717, 1.165) is 4.70 Å². The number of hydrogen-bond donors (Lipinski definition) is 0. The molecular weight excluding hydrogens is 284 g/mol. The largest absolute Gasteiger partial charge is 0.422 e. The van der Waals surface area contributed by atoms with Crippen LogP contribution in [0.1, 0.15) is 6.92 Å². The molecule has 0 aliphatic rings. The number of esters is 1. The molecule has 0 aliphatic carbocycles. The van der Waals surface area contributed by atoms with Gasteiger partial charge in [0.05, 0.1) is 4.70 Å². The molecule has 0 atom stereocenters. The second-order valence-corrected chi connectivity index (χ2v) is 5.78. The summed E-state index contributed by atoms with van der Waals surface area (Å²) in [5, 5.41) is 1.24. The summed E-state index contributed by atoms with van der Waals surface area (Å²) in [6.07, 6.45) is 0. The Morgan fingerprint density at radius 1 is 1.10 bits per heavy atom. The maximum atomic E-state index is 12.5. The van der Waals surface area contributed by atoms with Gasteiger partial charge in [0.1, 0.15) is 5.75 Å². The van der Waals surface area contributed by atoms with Gasteiger partial charge in [0.2, 0.25) is 0 Å². The molecule has 0 saturated heterocycles. The third kappa shape index (κ3) is 2.34. The second kappa shape index (κ2) is 5.14. The molecule has 104 valence electrons. The van der Waals surface area contributed by atoms with Crippen LogP contribution in [-0.4, -0.2) is 5.97 Å². The highest BCUT2D eigenvalue weighted by Crippen LogP contribution is 2.32. The number of rotatable bonds is 2. The van der Waals surface area contributed by atoms with Gasteiger partial charge in [-0.2, -0.15) is 0 Å². The normalized spacial score (nSPS) is 10.7. The maximum Gasteiger partial charge on any atom is 0.338 e. The molecule has 0 spiro atoms. The van der Waals surface area contributed by atoms with Crippen molar-refractivity contribution in [2.45, 2.75) is 6.92 Å². The van der Waals surface area contributed by atoms with Gasteiger partial charge in [-0.1, -0.05) is 24.8 Å². The standard InChI is InChI=1S/C17H12O3S/c1-10(2)17(19)20-13-8-5-7-12-15(18)11-6-3-4-9-14(11)21-16(12)13/h3-9H,1H2,2H3. The van der Waals surface area contributed by atoms with Gasteiger partial charge in [0.15, 0.2) is 5.43 Å². The fraction of sp³-hybridized carbons (Fsp3) is 0.0588. The molecule has 3 nitrogen and oxygen atoms in total. The lowest BCUT2D eigenvalue weighted by molar-refractivity contribution is -0.129. The van der Waals surface area contributed by atoms with Crippen molar-refractivity contribution in [3.8, 4) is 5.75 Å². The van der Waals surface area contributed by atoms with Gasteiger partial charge in [0, 0.05) is 21.0 Å². The molecular formula is C17H12O3S. The third-order valence-electron chi connectivity index (χ3n) is 3.12. The first-order chi connectivity index (χ1) is 10.1. The van der Waals surface area contributed by atoms with Crippen LogP contribution in [0, 0.1) is 0 Å². The van der Waals surface area contributed by atoms with E-state index in [4.69, 9.17) is 4.74 Å². The zero-order valence-corrected chi connectivity index (χ0v) is 12.2. The summed E-state index contributed by atoms with van der Waals surface area (Å²) in [5.74, 6) is -0.0938. The molecule has 0 bridgehead atoms. The summed E-state index contributed by atoms with van der Waals surface area (Å²) in [5.41, 5.74) is 0.271. The van der Waals surface area contributed by atoms with Crippen LogP contribution >= 0.6 is 11.3 Å². The minimum Gasteiger partial charge on any atom is -0.422 e. The average Bonchev–Trinajstić information content (AvgIpc) is 2.48. The Hall–Kier alpha value is -2.46. The molecule has 0 amide bonds. The fourth-order valence-corrected chi connectivity index (χ4v) is 3.18. The molecule has 4 heteroatoms. The van der Waals surface area contributed by atoms with Gasteiger partial charge in [-0.15, -0.1) is 11.3 Å². The highest BCUT2D eigenvalue weighted by Gasteiger charge is 2.12. The van der Waals surface area contributed by atoms with Gasteiger partial charge in [-0.3, -0.25) is 4.79 Å². The number of ether oxygens (including phenoxy) is 1. The smallest absolute Gasteiger partial charge is 0.338 e. The van der Waals surface area contributed by atoms with Crippen LogP contribution in [0.25, 0.3) is 20.2 Å². The average molecular weight is 296 g/mol. The van der Waals surface area contributed by atoms with Gasteiger partial charge >= 0.3 is 5.97 Å². The molecule has 0 fully saturated rings. The van der Waals surface area contributed by atoms with Crippen LogP contribution < -0.4 is 10.2 Å². The molecule has 1 aromatic heterocycles. The highest BCUT2D eigenvalue weighted by atomic mass is 32.1. The first-order valence-electron chi connectivity index (χ1n) is 6.40. The first kappa shape index (κ1) is 13.5. The topological polar surface area (TPSA) is 43.4 Å². The van der Waals surface area contributed by atoms with E-state index >= 15 is 0 Å². The van der Waals surface area contributed by atoms with E-state index in [2.05, 4.69) is 6.58 Å². The van der Waals surface area contributed by atoms with Gasteiger partial charge < -0.3 is 4.74 Å². The number of carbonyl (C=O) groups excluding carboxylic acids is 1. The van der Waals surface area contributed by atoms with Crippen LogP contribution in [0.2, 0.25) is 0 Å². The lowest BCUT2D eigenvalue weighted by atomic mass is 10.2. The Bertz CT molecular complexity index is 938. The minimum absolute atomic E-state index is 0.0485. The molecule has 0 unspecified atom stereocenters. The maximum absolute atomic E-state index is 12.5. The molecule has 0 saturated carbocycles. The quantitative estimate of drug-likeness (QED) is 0.312. The number of fused-ring (bicyclic) bond motifs is 2. The third-order valence-corrected chi connectivity index (χ3v) is 4.32. The van der Waals surface area contributed by atoms with Crippen molar-refractivity contribution in [3.63, 3.8) is 0 Å². The van der Waals surface area contributed by atoms with Crippen molar-refractivity contribution in [2.24, 2.45) is 0 Å². The Kier molecular flexibility index (Phi) is 3.31. The molecule has 1 heterocycles. The Morgan fingerprint density at radius 2 is 1.81 bits per heavy atom. The van der Waals surface area contributed by atoms with Crippen LogP contribution in [0.5, 0.6) is 5.75 Å². The van der Waals surface area contributed by atoms with E-state index in [9.17, 15) is 9.59 Å².